The summed E-state index contributed by atoms with van der Waals surface area (Å²) in [6.07, 6.45) is 0. The predicted octanol–water partition coefficient (Wildman–Crippen LogP) is 3.74. The minimum atomic E-state index is -0.291. The van der Waals surface area contributed by atoms with Crippen LogP contribution in [0.2, 0.25) is 0 Å². The molecule has 0 radical (unpaired) electrons. The quantitative estimate of drug-likeness (QED) is 0.912. The standard InChI is InChI=1S/C17H20FNO2/c1-11-7-17(15(12(2)19)9-16(11)18)21-10-13-5-4-6-14(8-13)20-3/h4-9,12H,10,19H2,1-3H3/t12-/m0/s1. The zero-order chi connectivity index (χ0) is 15.4. The highest BCUT2D eigenvalue weighted by Crippen LogP contribution is 2.28. The van der Waals surface area contributed by atoms with Gasteiger partial charge in [0, 0.05) is 11.6 Å². The fraction of sp³-hybridized carbons (Fsp3) is 0.294. The molecule has 0 saturated carbocycles. The van der Waals surface area contributed by atoms with Crippen LogP contribution in [0, 0.1) is 12.7 Å². The third kappa shape index (κ3) is 3.73. The lowest BCUT2D eigenvalue weighted by molar-refractivity contribution is 0.299. The van der Waals surface area contributed by atoms with Crippen LogP contribution >= 0.6 is 0 Å². The number of benzene rings is 2. The number of halogens is 1. The van der Waals surface area contributed by atoms with Crippen LogP contribution in [0.5, 0.6) is 11.5 Å². The van der Waals surface area contributed by atoms with Crippen molar-refractivity contribution >= 4 is 0 Å². The first-order chi connectivity index (χ1) is 10.0. The molecule has 0 aromatic heterocycles. The van der Waals surface area contributed by atoms with Gasteiger partial charge in [0.1, 0.15) is 23.9 Å². The normalized spacial score (nSPS) is 12.0. The van der Waals surface area contributed by atoms with Gasteiger partial charge in [-0.3, -0.25) is 0 Å². The van der Waals surface area contributed by atoms with Crippen molar-refractivity contribution in [2.75, 3.05) is 7.11 Å². The van der Waals surface area contributed by atoms with Crippen LogP contribution in [0.3, 0.4) is 0 Å². The molecule has 0 heterocycles. The number of hydrogen-bond acceptors (Lipinski definition) is 3. The van der Waals surface area contributed by atoms with E-state index in [9.17, 15) is 4.39 Å². The topological polar surface area (TPSA) is 44.5 Å². The van der Waals surface area contributed by atoms with Gasteiger partial charge in [0.15, 0.2) is 0 Å². The molecule has 2 N–H and O–H groups in total. The SMILES string of the molecule is COc1cccc(COc2cc(C)c(F)cc2[C@H](C)N)c1. The number of aryl methyl sites for hydroxylation is 1. The molecule has 1 atom stereocenters. The van der Waals surface area contributed by atoms with Gasteiger partial charge in [-0.2, -0.15) is 0 Å². The Morgan fingerprint density at radius 1 is 1.24 bits per heavy atom. The summed E-state index contributed by atoms with van der Waals surface area (Å²) in [4.78, 5) is 0. The zero-order valence-electron chi connectivity index (χ0n) is 12.5. The molecular formula is C17H20FNO2. The maximum atomic E-state index is 13.7. The van der Waals surface area contributed by atoms with E-state index < -0.39 is 0 Å². The minimum Gasteiger partial charge on any atom is -0.497 e. The summed E-state index contributed by atoms with van der Waals surface area (Å²) in [5.41, 5.74) is 8.07. The number of ether oxygens (including phenoxy) is 2. The molecule has 0 aliphatic carbocycles. The van der Waals surface area contributed by atoms with Crippen LogP contribution in [0.1, 0.15) is 29.7 Å². The fourth-order valence-corrected chi connectivity index (χ4v) is 2.07. The summed E-state index contributed by atoms with van der Waals surface area (Å²) in [7, 11) is 1.62. The molecule has 2 aromatic rings. The van der Waals surface area contributed by atoms with Gasteiger partial charge in [0.2, 0.25) is 0 Å². The second-order valence-electron chi connectivity index (χ2n) is 5.07. The molecule has 2 rings (SSSR count). The van der Waals surface area contributed by atoms with Crippen molar-refractivity contribution in [3.63, 3.8) is 0 Å². The highest BCUT2D eigenvalue weighted by molar-refractivity contribution is 5.40. The Hall–Kier alpha value is -2.07. The molecule has 0 unspecified atom stereocenters. The van der Waals surface area contributed by atoms with Crippen LogP contribution in [-0.2, 0) is 6.61 Å². The molecule has 0 aliphatic heterocycles. The largest absolute Gasteiger partial charge is 0.497 e. The van der Waals surface area contributed by atoms with Gasteiger partial charge < -0.3 is 15.2 Å². The lowest BCUT2D eigenvalue weighted by Gasteiger charge is -2.15. The van der Waals surface area contributed by atoms with E-state index in [0.717, 1.165) is 11.3 Å². The van der Waals surface area contributed by atoms with Crippen molar-refractivity contribution in [1.82, 2.24) is 0 Å². The third-order valence-electron chi connectivity index (χ3n) is 3.31. The summed E-state index contributed by atoms with van der Waals surface area (Å²) in [6, 6.07) is 10.5. The summed E-state index contributed by atoms with van der Waals surface area (Å²) in [5.74, 6) is 1.13. The first-order valence-electron chi connectivity index (χ1n) is 6.82. The van der Waals surface area contributed by atoms with Crippen molar-refractivity contribution < 1.29 is 13.9 Å². The Kier molecular flexibility index (Phi) is 4.81. The van der Waals surface area contributed by atoms with E-state index >= 15 is 0 Å². The molecule has 0 amide bonds. The monoisotopic (exact) mass is 289 g/mol. The van der Waals surface area contributed by atoms with E-state index in [1.165, 1.54) is 6.07 Å². The van der Waals surface area contributed by atoms with Crippen LogP contribution in [0.25, 0.3) is 0 Å². The minimum absolute atomic E-state index is 0.268. The van der Waals surface area contributed by atoms with Gasteiger partial charge in [0.05, 0.1) is 7.11 Å². The van der Waals surface area contributed by atoms with Gasteiger partial charge in [-0.05, 0) is 49.2 Å². The molecule has 0 bridgehead atoms. The van der Waals surface area contributed by atoms with E-state index in [2.05, 4.69) is 0 Å². The Morgan fingerprint density at radius 3 is 2.67 bits per heavy atom. The first-order valence-corrected chi connectivity index (χ1v) is 6.82. The van der Waals surface area contributed by atoms with Crippen LogP contribution < -0.4 is 15.2 Å². The van der Waals surface area contributed by atoms with E-state index in [1.54, 1.807) is 20.1 Å². The number of hydrogen-bond donors (Lipinski definition) is 1. The highest BCUT2D eigenvalue weighted by Gasteiger charge is 2.12. The van der Waals surface area contributed by atoms with Gasteiger partial charge in [-0.1, -0.05) is 12.1 Å². The maximum absolute atomic E-state index is 13.7. The van der Waals surface area contributed by atoms with Gasteiger partial charge in [-0.15, -0.1) is 0 Å². The Bertz CT molecular complexity index is 626. The molecule has 4 heteroatoms. The number of nitrogens with two attached hydrogens (primary N) is 1. The van der Waals surface area contributed by atoms with Crippen molar-refractivity contribution in [3.8, 4) is 11.5 Å². The second kappa shape index (κ2) is 6.59. The predicted molar refractivity (Wildman–Crippen MR) is 81.1 cm³/mol. The average Bonchev–Trinajstić information content (AvgIpc) is 2.48. The van der Waals surface area contributed by atoms with Crippen molar-refractivity contribution in [1.29, 1.82) is 0 Å². The third-order valence-corrected chi connectivity index (χ3v) is 3.31. The fourth-order valence-electron chi connectivity index (χ4n) is 2.07. The Morgan fingerprint density at radius 2 is 2.00 bits per heavy atom. The molecule has 0 fully saturated rings. The number of rotatable bonds is 5. The van der Waals surface area contributed by atoms with Gasteiger partial charge in [0.25, 0.3) is 0 Å². The van der Waals surface area contributed by atoms with E-state index in [0.29, 0.717) is 23.5 Å². The highest BCUT2D eigenvalue weighted by atomic mass is 19.1. The molecule has 0 aliphatic rings. The first kappa shape index (κ1) is 15.3. The van der Waals surface area contributed by atoms with Crippen LogP contribution in [-0.4, -0.2) is 7.11 Å². The second-order valence-corrected chi connectivity index (χ2v) is 5.07. The summed E-state index contributed by atoms with van der Waals surface area (Å²) in [6.45, 7) is 3.89. The van der Waals surface area contributed by atoms with Crippen LogP contribution in [0.4, 0.5) is 4.39 Å². The van der Waals surface area contributed by atoms with Crippen molar-refractivity contribution in [2.24, 2.45) is 5.73 Å². The molecule has 3 nitrogen and oxygen atoms in total. The Labute approximate surface area is 124 Å². The molecule has 112 valence electrons. The van der Waals surface area contributed by atoms with Gasteiger partial charge in [-0.25, -0.2) is 4.39 Å². The molecule has 21 heavy (non-hydrogen) atoms. The molecule has 2 aromatic carbocycles. The van der Waals surface area contributed by atoms with Gasteiger partial charge >= 0.3 is 0 Å². The summed E-state index contributed by atoms with van der Waals surface area (Å²) in [5, 5.41) is 0. The lowest BCUT2D eigenvalue weighted by atomic mass is 10.0. The van der Waals surface area contributed by atoms with E-state index in [4.69, 9.17) is 15.2 Å². The van der Waals surface area contributed by atoms with E-state index in [1.807, 2.05) is 31.2 Å². The summed E-state index contributed by atoms with van der Waals surface area (Å²) >= 11 is 0. The van der Waals surface area contributed by atoms with Crippen LogP contribution in [0.15, 0.2) is 36.4 Å². The molecular weight excluding hydrogens is 269 g/mol. The van der Waals surface area contributed by atoms with Crippen molar-refractivity contribution in [3.05, 3.63) is 58.9 Å². The zero-order valence-corrected chi connectivity index (χ0v) is 12.5. The Balaban J connectivity index is 2.20. The maximum Gasteiger partial charge on any atom is 0.126 e. The van der Waals surface area contributed by atoms with E-state index in [-0.39, 0.29) is 11.9 Å². The molecule has 0 saturated heterocycles. The van der Waals surface area contributed by atoms with Crippen molar-refractivity contribution in [2.45, 2.75) is 26.5 Å². The summed E-state index contributed by atoms with van der Waals surface area (Å²) < 4.78 is 24.6. The number of methoxy groups -OCH3 is 1. The smallest absolute Gasteiger partial charge is 0.126 e. The molecule has 0 spiro atoms. The average molecular weight is 289 g/mol. The lowest BCUT2D eigenvalue weighted by Crippen LogP contribution is -2.09.